The summed E-state index contributed by atoms with van der Waals surface area (Å²) in [4.78, 5) is 9.28. The number of ether oxygens (including phenoxy) is 2. The first-order valence-electron chi connectivity index (χ1n) is 11.6. The number of hydrogen-bond donors (Lipinski definition) is 0. The Balaban J connectivity index is 1.33. The summed E-state index contributed by atoms with van der Waals surface area (Å²) in [6.07, 6.45) is 3.90. The number of halogens is 1. The Labute approximate surface area is 204 Å². The van der Waals surface area contributed by atoms with Crippen molar-refractivity contribution in [2.45, 2.75) is 31.9 Å². The second-order valence-electron chi connectivity index (χ2n) is 8.79. The predicted octanol–water partition coefficient (Wildman–Crippen LogP) is 4.15. The molecule has 1 aliphatic heterocycles. The molecule has 7 rings (SSSR count). The lowest BCUT2D eigenvalue weighted by atomic mass is 10.1. The molecule has 36 heavy (non-hydrogen) atoms. The van der Waals surface area contributed by atoms with Gasteiger partial charge in [0.05, 0.1) is 25.0 Å². The summed E-state index contributed by atoms with van der Waals surface area (Å²) in [5.74, 6) is 3.65. The molecule has 0 unspecified atom stereocenters. The first kappa shape index (κ1) is 20.8. The maximum Gasteiger partial charge on any atom is 0.230 e. The summed E-state index contributed by atoms with van der Waals surface area (Å²) in [6.45, 7) is 0.555. The van der Waals surface area contributed by atoms with Crippen LogP contribution in [0.2, 0.25) is 0 Å². The van der Waals surface area contributed by atoms with Crippen molar-refractivity contribution >= 4 is 0 Å². The zero-order valence-electron chi connectivity index (χ0n) is 19.3. The van der Waals surface area contributed by atoms with Crippen molar-refractivity contribution in [3.63, 3.8) is 0 Å². The van der Waals surface area contributed by atoms with Gasteiger partial charge in [-0.15, -0.1) is 10.2 Å². The molecule has 0 atom stereocenters. The highest BCUT2D eigenvalue weighted by atomic mass is 19.1. The number of methoxy groups -OCH3 is 1. The lowest BCUT2D eigenvalue weighted by Crippen LogP contribution is -2.10. The highest BCUT2D eigenvalue weighted by molar-refractivity contribution is 5.72. The highest BCUT2D eigenvalue weighted by Crippen LogP contribution is 2.40. The summed E-state index contributed by atoms with van der Waals surface area (Å²) < 4.78 is 34.2. The van der Waals surface area contributed by atoms with Crippen LogP contribution in [-0.4, -0.2) is 41.6 Å². The molecule has 2 aromatic carbocycles. The fourth-order valence-electron chi connectivity index (χ4n) is 4.41. The molecule has 1 fully saturated rings. The minimum Gasteiger partial charge on any atom is -0.497 e. The molecule has 180 valence electrons. The normalized spacial score (nSPS) is 14.1. The molecule has 11 heteroatoms. The number of imidazole rings is 1. The Hall–Kier alpha value is -4.54. The van der Waals surface area contributed by atoms with Crippen molar-refractivity contribution in [2.24, 2.45) is 0 Å². The number of nitrogens with zero attached hydrogens (tertiary/aromatic N) is 7. The fourth-order valence-corrected chi connectivity index (χ4v) is 4.41. The lowest BCUT2D eigenvalue weighted by molar-refractivity contribution is 0.289. The average Bonchev–Trinajstić information content (AvgIpc) is 3.33. The van der Waals surface area contributed by atoms with E-state index in [1.165, 1.54) is 12.1 Å². The van der Waals surface area contributed by atoms with Gasteiger partial charge < -0.3 is 18.6 Å². The molecular weight excluding hydrogens is 465 g/mol. The molecule has 2 aliphatic rings. The predicted molar refractivity (Wildman–Crippen MR) is 124 cm³/mol. The summed E-state index contributed by atoms with van der Waals surface area (Å²) in [7, 11) is 1.62. The Kier molecular flexibility index (Phi) is 4.63. The van der Waals surface area contributed by atoms with Gasteiger partial charge in [-0.25, -0.2) is 9.37 Å². The Morgan fingerprint density at radius 1 is 1.08 bits per heavy atom. The molecule has 10 nitrogen and oxygen atoms in total. The second-order valence-corrected chi connectivity index (χ2v) is 8.79. The van der Waals surface area contributed by atoms with E-state index in [9.17, 15) is 4.39 Å². The Bertz CT molecular complexity index is 1580. The monoisotopic (exact) mass is 485 g/mol. The van der Waals surface area contributed by atoms with Crippen LogP contribution in [0.3, 0.4) is 0 Å². The van der Waals surface area contributed by atoms with Crippen molar-refractivity contribution < 1.29 is 18.4 Å². The number of fused-ring (bicyclic) bond motifs is 5. The van der Waals surface area contributed by atoms with Gasteiger partial charge in [-0.2, -0.15) is 4.98 Å². The minimum atomic E-state index is -0.323. The Morgan fingerprint density at radius 2 is 1.92 bits per heavy atom. The van der Waals surface area contributed by atoms with Gasteiger partial charge in [-0.1, -0.05) is 5.16 Å². The number of aromatic nitrogens is 7. The van der Waals surface area contributed by atoms with Gasteiger partial charge in [0, 0.05) is 11.5 Å². The lowest BCUT2D eigenvalue weighted by Gasteiger charge is -2.10. The topological polar surface area (TPSA) is 106 Å². The van der Waals surface area contributed by atoms with Crippen LogP contribution in [0.5, 0.6) is 11.5 Å². The van der Waals surface area contributed by atoms with Crippen molar-refractivity contribution in [3.8, 4) is 40.1 Å². The molecular formula is C25H20FN7O3. The SMILES string of the molecule is COc1ccc2c(c1)-c1nnc(COc3ccc(F)cc3)n1Cc1c(-c3noc(C4CC4)n3)ncn1-2. The standard InChI is InChI=1S/C25H20FN7O3/c1-34-17-8-9-19-18(10-17)24-30-29-21(12-35-16-6-4-15(26)5-7-16)32(24)11-20-22(27-13-33(19)20)23-28-25(36-31-23)14-2-3-14/h4-10,13-14H,2-3,11-12H2,1H3. The van der Waals surface area contributed by atoms with Gasteiger partial charge in [-0.05, 0) is 55.3 Å². The maximum atomic E-state index is 13.3. The number of benzene rings is 2. The van der Waals surface area contributed by atoms with Gasteiger partial charge in [0.25, 0.3) is 0 Å². The third-order valence-corrected chi connectivity index (χ3v) is 6.47. The molecule has 0 bridgehead atoms. The van der Waals surface area contributed by atoms with E-state index in [1.807, 2.05) is 27.3 Å². The largest absolute Gasteiger partial charge is 0.497 e. The van der Waals surface area contributed by atoms with Crippen molar-refractivity contribution in [1.82, 2.24) is 34.5 Å². The molecule has 0 amide bonds. The molecule has 4 heterocycles. The van der Waals surface area contributed by atoms with E-state index < -0.39 is 0 Å². The van der Waals surface area contributed by atoms with Gasteiger partial charge >= 0.3 is 0 Å². The summed E-state index contributed by atoms with van der Waals surface area (Å²) in [6, 6.07) is 11.7. The van der Waals surface area contributed by atoms with Gasteiger partial charge in [0.2, 0.25) is 11.7 Å². The number of rotatable bonds is 6. The zero-order chi connectivity index (χ0) is 24.2. The van der Waals surface area contributed by atoms with Crippen LogP contribution in [0.15, 0.2) is 53.3 Å². The van der Waals surface area contributed by atoms with Gasteiger partial charge in [0.1, 0.15) is 35.9 Å². The van der Waals surface area contributed by atoms with E-state index in [-0.39, 0.29) is 12.4 Å². The van der Waals surface area contributed by atoms with Crippen LogP contribution in [0.4, 0.5) is 4.39 Å². The first-order chi connectivity index (χ1) is 17.7. The maximum absolute atomic E-state index is 13.3. The Morgan fingerprint density at radius 3 is 2.72 bits per heavy atom. The van der Waals surface area contributed by atoms with Gasteiger partial charge in [0.15, 0.2) is 11.6 Å². The van der Waals surface area contributed by atoms with Crippen molar-refractivity contribution in [2.75, 3.05) is 7.11 Å². The van der Waals surface area contributed by atoms with Crippen LogP contribution >= 0.6 is 0 Å². The minimum absolute atomic E-state index is 0.148. The quantitative estimate of drug-likeness (QED) is 0.347. The fraction of sp³-hybridized carbons (Fsp3) is 0.240. The van der Waals surface area contributed by atoms with Crippen LogP contribution < -0.4 is 9.47 Å². The van der Waals surface area contributed by atoms with E-state index in [1.54, 1.807) is 25.6 Å². The van der Waals surface area contributed by atoms with E-state index in [2.05, 4.69) is 25.3 Å². The molecule has 0 spiro atoms. The smallest absolute Gasteiger partial charge is 0.230 e. The third kappa shape index (κ3) is 3.43. The van der Waals surface area contributed by atoms with E-state index in [0.29, 0.717) is 53.0 Å². The second kappa shape index (κ2) is 8.01. The average molecular weight is 485 g/mol. The number of hydrogen-bond acceptors (Lipinski definition) is 8. The molecule has 1 saturated carbocycles. The van der Waals surface area contributed by atoms with Gasteiger partial charge in [-0.3, -0.25) is 4.57 Å². The molecule has 1 aliphatic carbocycles. The molecule has 0 N–H and O–H groups in total. The van der Waals surface area contributed by atoms with E-state index >= 15 is 0 Å². The molecule has 0 radical (unpaired) electrons. The van der Waals surface area contributed by atoms with Crippen LogP contribution in [0.1, 0.15) is 36.2 Å². The van der Waals surface area contributed by atoms with E-state index in [4.69, 9.17) is 14.0 Å². The van der Waals surface area contributed by atoms with Crippen LogP contribution in [-0.2, 0) is 13.2 Å². The third-order valence-electron chi connectivity index (χ3n) is 6.47. The summed E-state index contributed by atoms with van der Waals surface area (Å²) >= 11 is 0. The highest BCUT2D eigenvalue weighted by Gasteiger charge is 2.32. The molecule has 5 aromatic rings. The molecule has 0 saturated heterocycles. The van der Waals surface area contributed by atoms with Crippen molar-refractivity contribution in [3.05, 3.63) is 72.0 Å². The summed E-state index contributed by atoms with van der Waals surface area (Å²) in [5.41, 5.74) is 3.22. The zero-order valence-corrected chi connectivity index (χ0v) is 19.3. The van der Waals surface area contributed by atoms with Crippen LogP contribution in [0.25, 0.3) is 28.6 Å². The van der Waals surface area contributed by atoms with E-state index in [0.717, 1.165) is 29.8 Å². The van der Waals surface area contributed by atoms with Crippen LogP contribution in [0, 0.1) is 5.82 Å². The molecule has 3 aromatic heterocycles. The van der Waals surface area contributed by atoms with Crippen molar-refractivity contribution in [1.29, 1.82) is 0 Å². The first-order valence-corrected chi connectivity index (χ1v) is 11.6. The summed E-state index contributed by atoms with van der Waals surface area (Å²) in [5, 5.41) is 13.1.